The number of aromatic nitrogens is 2. The second kappa shape index (κ2) is 3.44. The number of hydrogen-bond acceptors (Lipinski definition) is 5. The lowest BCUT2D eigenvalue weighted by Gasteiger charge is -2.00. The van der Waals surface area contributed by atoms with Crippen molar-refractivity contribution in [2.75, 3.05) is 5.73 Å². The van der Waals surface area contributed by atoms with Crippen LogP contribution in [0.25, 0.3) is 0 Å². The lowest BCUT2D eigenvalue weighted by atomic mass is 10.6. The third-order valence-electron chi connectivity index (χ3n) is 0.938. The van der Waals surface area contributed by atoms with Crippen LogP contribution in [-0.2, 0) is 0 Å². The number of anilines is 1. The summed E-state index contributed by atoms with van der Waals surface area (Å²) in [5, 5.41) is 5.72. The Bertz CT molecular complexity index is 256. The molecule has 0 atom stereocenters. The largest absolute Gasteiger partial charge is 0.394 e. The molecule has 1 rings (SSSR count). The normalized spacial score (nSPS) is 10.1. The molecule has 0 aliphatic rings. The van der Waals surface area contributed by atoms with E-state index in [4.69, 9.17) is 34.1 Å². The van der Waals surface area contributed by atoms with E-state index in [0.29, 0.717) is 5.16 Å². The van der Waals surface area contributed by atoms with Gasteiger partial charge in [0, 0.05) is 0 Å². The molecule has 0 fully saturated rings. The summed E-state index contributed by atoms with van der Waals surface area (Å²) in [7, 11) is 0. The van der Waals surface area contributed by atoms with Crippen molar-refractivity contribution >= 4 is 40.8 Å². The first kappa shape index (κ1) is 8.86. The standard InChI is InChI=1S/C4H4Cl2N4S/c5-2-1(7)3(6)10-4(9-2)11-8/h7-8H2. The summed E-state index contributed by atoms with van der Waals surface area (Å²) in [6.45, 7) is 0. The second-order valence-corrected chi connectivity index (χ2v) is 2.94. The minimum absolute atomic E-state index is 0.123. The highest BCUT2D eigenvalue weighted by atomic mass is 35.5. The summed E-state index contributed by atoms with van der Waals surface area (Å²) in [5.41, 5.74) is 5.54. The van der Waals surface area contributed by atoms with Gasteiger partial charge in [-0.15, -0.1) is 0 Å². The van der Waals surface area contributed by atoms with Crippen LogP contribution >= 0.6 is 35.1 Å². The molecule has 1 heterocycles. The SMILES string of the molecule is NSc1nc(Cl)c(N)c(Cl)n1. The number of nitrogens with two attached hydrogens (primary N) is 2. The van der Waals surface area contributed by atoms with Gasteiger partial charge in [-0.05, 0) is 11.9 Å². The number of hydrogen-bond donors (Lipinski definition) is 2. The van der Waals surface area contributed by atoms with Crippen LogP contribution in [0.3, 0.4) is 0 Å². The van der Waals surface area contributed by atoms with E-state index in [-0.39, 0.29) is 16.0 Å². The van der Waals surface area contributed by atoms with Crippen molar-refractivity contribution in [1.82, 2.24) is 9.97 Å². The molecule has 0 saturated heterocycles. The Balaban J connectivity index is 3.21. The molecular weight excluding hydrogens is 207 g/mol. The van der Waals surface area contributed by atoms with Crippen LogP contribution in [0.1, 0.15) is 0 Å². The minimum Gasteiger partial charge on any atom is -0.394 e. The average molecular weight is 211 g/mol. The van der Waals surface area contributed by atoms with Gasteiger partial charge in [0.15, 0.2) is 10.3 Å². The van der Waals surface area contributed by atoms with Gasteiger partial charge in [-0.3, -0.25) is 5.14 Å². The number of nitrogens with zero attached hydrogens (tertiary/aromatic N) is 2. The molecule has 7 heteroatoms. The Hall–Kier alpha value is -0.230. The maximum absolute atomic E-state index is 5.57. The highest BCUT2D eigenvalue weighted by Gasteiger charge is 2.06. The number of rotatable bonds is 1. The van der Waals surface area contributed by atoms with Gasteiger partial charge in [0.2, 0.25) is 5.16 Å². The van der Waals surface area contributed by atoms with Crippen molar-refractivity contribution in [1.29, 1.82) is 0 Å². The Morgan fingerprint density at radius 1 is 1.18 bits per heavy atom. The van der Waals surface area contributed by atoms with Gasteiger partial charge in [-0.2, -0.15) is 0 Å². The molecule has 0 spiro atoms. The van der Waals surface area contributed by atoms with Crippen LogP contribution in [0.4, 0.5) is 5.69 Å². The van der Waals surface area contributed by atoms with Gasteiger partial charge in [-0.1, -0.05) is 23.2 Å². The van der Waals surface area contributed by atoms with Gasteiger partial charge in [0.1, 0.15) is 5.69 Å². The van der Waals surface area contributed by atoms with E-state index >= 15 is 0 Å². The van der Waals surface area contributed by atoms with Gasteiger partial charge >= 0.3 is 0 Å². The van der Waals surface area contributed by atoms with Crippen LogP contribution in [0.5, 0.6) is 0 Å². The van der Waals surface area contributed by atoms with Crippen LogP contribution in [-0.4, -0.2) is 9.97 Å². The Morgan fingerprint density at radius 3 is 2.00 bits per heavy atom. The van der Waals surface area contributed by atoms with Crippen molar-refractivity contribution in [3.8, 4) is 0 Å². The molecule has 0 aliphatic heterocycles. The molecule has 4 N–H and O–H groups in total. The Morgan fingerprint density at radius 2 is 1.64 bits per heavy atom. The van der Waals surface area contributed by atoms with Crippen molar-refractivity contribution in [3.63, 3.8) is 0 Å². The van der Waals surface area contributed by atoms with Crippen molar-refractivity contribution in [2.24, 2.45) is 5.14 Å². The molecule has 0 amide bonds. The molecule has 1 aromatic heterocycles. The highest BCUT2D eigenvalue weighted by Crippen LogP contribution is 2.24. The maximum Gasteiger partial charge on any atom is 0.205 e. The zero-order chi connectivity index (χ0) is 8.43. The zero-order valence-electron chi connectivity index (χ0n) is 5.21. The molecule has 60 valence electrons. The van der Waals surface area contributed by atoms with E-state index in [9.17, 15) is 0 Å². The van der Waals surface area contributed by atoms with Crippen LogP contribution < -0.4 is 10.9 Å². The van der Waals surface area contributed by atoms with E-state index in [1.54, 1.807) is 0 Å². The first-order chi connectivity index (χ1) is 5.15. The van der Waals surface area contributed by atoms with Crippen LogP contribution in [0.15, 0.2) is 5.16 Å². The molecule has 0 aromatic carbocycles. The third kappa shape index (κ3) is 1.87. The molecule has 0 radical (unpaired) electrons. The van der Waals surface area contributed by atoms with Crippen molar-refractivity contribution < 1.29 is 0 Å². The molecule has 0 unspecified atom stereocenters. The topological polar surface area (TPSA) is 77.8 Å². The van der Waals surface area contributed by atoms with Gasteiger partial charge < -0.3 is 5.73 Å². The summed E-state index contributed by atoms with van der Waals surface area (Å²) in [5.74, 6) is 0. The molecule has 4 nitrogen and oxygen atoms in total. The fraction of sp³-hybridized carbons (Fsp3) is 0. The zero-order valence-corrected chi connectivity index (χ0v) is 7.54. The highest BCUT2D eigenvalue weighted by molar-refractivity contribution is 7.96. The molecule has 11 heavy (non-hydrogen) atoms. The Kier molecular flexibility index (Phi) is 2.78. The van der Waals surface area contributed by atoms with Crippen LogP contribution in [0.2, 0.25) is 10.3 Å². The number of nitrogen functional groups attached to an aromatic ring is 1. The van der Waals surface area contributed by atoms with E-state index in [1.165, 1.54) is 0 Å². The van der Waals surface area contributed by atoms with Crippen LogP contribution in [0, 0.1) is 0 Å². The van der Waals surface area contributed by atoms with Crippen molar-refractivity contribution in [3.05, 3.63) is 10.3 Å². The average Bonchev–Trinajstić information content (AvgIpc) is 1.99. The molecule has 0 saturated carbocycles. The fourth-order valence-electron chi connectivity index (χ4n) is 0.451. The first-order valence-corrected chi connectivity index (χ1v) is 4.14. The smallest absolute Gasteiger partial charge is 0.205 e. The monoisotopic (exact) mass is 210 g/mol. The lowest BCUT2D eigenvalue weighted by molar-refractivity contribution is 0.974. The predicted molar refractivity (Wildman–Crippen MR) is 46.5 cm³/mol. The van der Waals surface area contributed by atoms with E-state index < -0.39 is 0 Å². The van der Waals surface area contributed by atoms with Crippen molar-refractivity contribution in [2.45, 2.75) is 5.16 Å². The number of halogens is 2. The third-order valence-corrected chi connectivity index (χ3v) is 1.91. The lowest BCUT2D eigenvalue weighted by Crippen LogP contribution is -1.97. The van der Waals surface area contributed by atoms with Gasteiger partial charge in [-0.25, -0.2) is 9.97 Å². The fourth-order valence-corrected chi connectivity index (χ4v) is 1.23. The van der Waals surface area contributed by atoms with E-state index in [0.717, 1.165) is 11.9 Å². The quantitative estimate of drug-likeness (QED) is 0.416. The minimum atomic E-state index is 0.123. The van der Waals surface area contributed by atoms with Gasteiger partial charge in [0.05, 0.1) is 0 Å². The van der Waals surface area contributed by atoms with E-state index in [2.05, 4.69) is 9.97 Å². The predicted octanol–water partition coefficient (Wildman–Crippen LogP) is 1.33. The molecule has 0 bridgehead atoms. The van der Waals surface area contributed by atoms with E-state index in [1.807, 2.05) is 0 Å². The summed E-state index contributed by atoms with van der Waals surface area (Å²) in [6, 6.07) is 0. The molecule has 0 aliphatic carbocycles. The summed E-state index contributed by atoms with van der Waals surface area (Å²) in [4.78, 5) is 7.47. The summed E-state index contributed by atoms with van der Waals surface area (Å²) < 4.78 is 0. The maximum atomic E-state index is 5.57. The summed E-state index contributed by atoms with van der Waals surface area (Å²) >= 11 is 12.0. The second-order valence-electron chi connectivity index (χ2n) is 1.62. The Labute approximate surface area is 77.4 Å². The van der Waals surface area contributed by atoms with Gasteiger partial charge in [0.25, 0.3) is 0 Å². The summed E-state index contributed by atoms with van der Waals surface area (Å²) in [6.07, 6.45) is 0. The molecular formula is C4H4Cl2N4S. The molecule has 1 aromatic rings. The first-order valence-electron chi connectivity index (χ1n) is 2.50.